The minimum absolute atomic E-state index is 0.698. The minimum Gasteiger partial charge on any atom is -0.494 e. The molecule has 1 heterocycles. The van der Waals surface area contributed by atoms with E-state index in [1.165, 1.54) is 5.56 Å². The van der Waals surface area contributed by atoms with Crippen LogP contribution in [0, 0.1) is 0 Å². The molecule has 0 aliphatic heterocycles. The highest BCUT2D eigenvalue weighted by Crippen LogP contribution is 2.17. The van der Waals surface area contributed by atoms with Crippen molar-refractivity contribution in [2.75, 3.05) is 13.2 Å². The quantitative estimate of drug-likeness (QED) is 0.761. The second-order valence-corrected chi connectivity index (χ2v) is 4.05. The van der Waals surface area contributed by atoms with E-state index in [0.29, 0.717) is 6.61 Å². The highest BCUT2D eigenvalue weighted by atomic mass is 16.5. The van der Waals surface area contributed by atoms with Crippen LogP contribution in [0.2, 0.25) is 0 Å². The number of benzene rings is 1. The number of hydrogen-bond donors (Lipinski definition) is 1. The van der Waals surface area contributed by atoms with Crippen molar-refractivity contribution in [3.05, 3.63) is 54.0 Å². The lowest BCUT2D eigenvalue weighted by atomic mass is 10.2. The van der Waals surface area contributed by atoms with Crippen molar-refractivity contribution in [2.24, 2.45) is 0 Å². The molecule has 96 valence electrons. The second-order valence-electron chi connectivity index (χ2n) is 4.05. The molecular formula is C15H19NO2. The number of ether oxygens (including phenoxy) is 1. The summed E-state index contributed by atoms with van der Waals surface area (Å²) in [4.78, 5) is 0. The molecule has 18 heavy (non-hydrogen) atoms. The molecule has 0 bridgehead atoms. The first kappa shape index (κ1) is 12.7. The van der Waals surface area contributed by atoms with Crippen molar-refractivity contribution < 1.29 is 9.15 Å². The van der Waals surface area contributed by atoms with Crippen LogP contribution in [-0.4, -0.2) is 13.2 Å². The van der Waals surface area contributed by atoms with Crippen LogP contribution in [0.3, 0.4) is 0 Å². The first-order chi connectivity index (χ1) is 8.90. The SMILES string of the molecule is CCOc1ccccc1CNCCc1ccco1. The molecule has 1 aromatic heterocycles. The lowest BCUT2D eigenvalue weighted by molar-refractivity contribution is 0.335. The standard InChI is InChI=1S/C15H19NO2/c1-2-17-15-8-4-3-6-13(15)12-16-10-9-14-7-5-11-18-14/h3-8,11,16H,2,9-10,12H2,1H3. The Morgan fingerprint density at radius 3 is 2.83 bits per heavy atom. The molecule has 0 radical (unpaired) electrons. The minimum atomic E-state index is 0.698. The van der Waals surface area contributed by atoms with Crippen LogP contribution in [0.1, 0.15) is 18.2 Å². The van der Waals surface area contributed by atoms with Gasteiger partial charge in [0.1, 0.15) is 11.5 Å². The smallest absolute Gasteiger partial charge is 0.123 e. The van der Waals surface area contributed by atoms with Crippen LogP contribution in [0.4, 0.5) is 0 Å². The first-order valence-corrected chi connectivity index (χ1v) is 6.34. The Bertz CT molecular complexity index is 451. The summed E-state index contributed by atoms with van der Waals surface area (Å²) in [5, 5.41) is 3.40. The van der Waals surface area contributed by atoms with Gasteiger partial charge >= 0.3 is 0 Å². The fraction of sp³-hybridized carbons (Fsp3) is 0.333. The van der Waals surface area contributed by atoms with Crippen LogP contribution >= 0.6 is 0 Å². The van der Waals surface area contributed by atoms with Crippen molar-refractivity contribution >= 4 is 0 Å². The van der Waals surface area contributed by atoms with E-state index >= 15 is 0 Å². The van der Waals surface area contributed by atoms with Gasteiger partial charge in [-0.25, -0.2) is 0 Å². The molecule has 0 amide bonds. The monoisotopic (exact) mass is 245 g/mol. The summed E-state index contributed by atoms with van der Waals surface area (Å²) >= 11 is 0. The molecule has 2 aromatic rings. The van der Waals surface area contributed by atoms with Gasteiger partial charge in [-0.1, -0.05) is 18.2 Å². The van der Waals surface area contributed by atoms with E-state index < -0.39 is 0 Å². The van der Waals surface area contributed by atoms with Gasteiger partial charge < -0.3 is 14.5 Å². The summed E-state index contributed by atoms with van der Waals surface area (Å²) in [6, 6.07) is 12.0. The van der Waals surface area contributed by atoms with Gasteiger partial charge in [-0.3, -0.25) is 0 Å². The third-order valence-corrected chi connectivity index (χ3v) is 2.72. The van der Waals surface area contributed by atoms with Crippen molar-refractivity contribution in [2.45, 2.75) is 19.9 Å². The maximum absolute atomic E-state index is 5.58. The zero-order chi connectivity index (χ0) is 12.6. The lowest BCUT2D eigenvalue weighted by Gasteiger charge is -2.10. The predicted octanol–water partition coefficient (Wildman–Crippen LogP) is 3.01. The van der Waals surface area contributed by atoms with Gasteiger partial charge in [-0.2, -0.15) is 0 Å². The zero-order valence-corrected chi connectivity index (χ0v) is 10.7. The highest BCUT2D eigenvalue weighted by molar-refractivity contribution is 5.33. The summed E-state index contributed by atoms with van der Waals surface area (Å²) in [6.45, 7) is 4.41. The van der Waals surface area contributed by atoms with E-state index in [2.05, 4.69) is 11.4 Å². The Labute approximate surface area is 108 Å². The van der Waals surface area contributed by atoms with Crippen molar-refractivity contribution in [3.63, 3.8) is 0 Å². The Morgan fingerprint density at radius 2 is 2.06 bits per heavy atom. The van der Waals surface area contributed by atoms with E-state index in [0.717, 1.165) is 31.0 Å². The van der Waals surface area contributed by atoms with Crippen LogP contribution in [-0.2, 0) is 13.0 Å². The number of hydrogen-bond acceptors (Lipinski definition) is 3. The Morgan fingerprint density at radius 1 is 1.17 bits per heavy atom. The molecule has 0 atom stereocenters. The summed E-state index contributed by atoms with van der Waals surface area (Å²) < 4.78 is 10.9. The van der Waals surface area contributed by atoms with Crippen LogP contribution < -0.4 is 10.1 Å². The number of nitrogens with one attached hydrogen (secondary N) is 1. The molecule has 3 nitrogen and oxygen atoms in total. The third-order valence-electron chi connectivity index (χ3n) is 2.72. The molecule has 1 N–H and O–H groups in total. The van der Waals surface area contributed by atoms with Gasteiger partial charge in [0.25, 0.3) is 0 Å². The molecule has 0 saturated heterocycles. The van der Waals surface area contributed by atoms with Gasteiger partial charge in [0.2, 0.25) is 0 Å². The van der Waals surface area contributed by atoms with Gasteiger partial charge in [-0.05, 0) is 25.1 Å². The number of para-hydroxylation sites is 1. The lowest BCUT2D eigenvalue weighted by Crippen LogP contribution is -2.17. The fourth-order valence-corrected chi connectivity index (χ4v) is 1.84. The number of furan rings is 1. The Balaban J connectivity index is 1.79. The molecule has 1 aromatic carbocycles. The van der Waals surface area contributed by atoms with E-state index in [1.54, 1.807) is 6.26 Å². The Kier molecular flexibility index (Phi) is 4.85. The van der Waals surface area contributed by atoms with Crippen LogP contribution in [0.25, 0.3) is 0 Å². The summed E-state index contributed by atoms with van der Waals surface area (Å²) in [5.74, 6) is 1.98. The normalized spacial score (nSPS) is 10.5. The van der Waals surface area contributed by atoms with Crippen molar-refractivity contribution in [1.82, 2.24) is 5.32 Å². The molecule has 2 rings (SSSR count). The highest BCUT2D eigenvalue weighted by Gasteiger charge is 2.01. The number of rotatable bonds is 7. The van der Waals surface area contributed by atoms with E-state index in [1.807, 2.05) is 37.3 Å². The topological polar surface area (TPSA) is 34.4 Å². The average molecular weight is 245 g/mol. The van der Waals surface area contributed by atoms with E-state index in [-0.39, 0.29) is 0 Å². The second kappa shape index (κ2) is 6.87. The van der Waals surface area contributed by atoms with Crippen molar-refractivity contribution in [1.29, 1.82) is 0 Å². The molecule has 0 unspecified atom stereocenters. The molecule has 0 saturated carbocycles. The van der Waals surface area contributed by atoms with E-state index in [9.17, 15) is 0 Å². The third kappa shape index (κ3) is 3.64. The van der Waals surface area contributed by atoms with Crippen molar-refractivity contribution in [3.8, 4) is 5.75 Å². The summed E-state index contributed by atoms with van der Waals surface area (Å²) in [7, 11) is 0. The average Bonchev–Trinajstić information content (AvgIpc) is 2.90. The van der Waals surface area contributed by atoms with Gasteiger partial charge in [0.15, 0.2) is 0 Å². The Hall–Kier alpha value is -1.74. The molecule has 0 aliphatic carbocycles. The molecule has 0 aliphatic rings. The summed E-state index contributed by atoms with van der Waals surface area (Å²) in [6.07, 6.45) is 2.61. The van der Waals surface area contributed by atoms with Gasteiger partial charge in [0, 0.05) is 25.1 Å². The van der Waals surface area contributed by atoms with Gasteiger partial charge in [-0.15, -0.1) is 0 Å². The maximum Gasteiger partial charge on any atom is 0.123 e. The molecule has 0 spiro atoms. The zero-order valence-electron chi connectivity index (χ0n) is 10.7. The first-order valence-electron chi connectivity index (χ1n) is 6.34. The van der Waals surface area contributed by atoms with Gasteiger partial charge in [0.05, 0.1) is 12.9 Å². The molecule has 0 fully saturated rings. The largest absolute Gasteiger partial charge is 0.494 e. The molecule has 3 heteroatoms. The predicted molar refractivity (Wildman–Crippen MR) is 71.7 cm³/mol. The maximum atomic E-state index is 5.58. The van der Waals surface area contributed by atoms with Crippen LogP contribution in [0.5, 0.6) is 5.75 Å². The molecular weight excluding hydrogens is 226 g/mol. The summed E-state index contributed by atoms with van der Waals surface area (Å²) in [5.41, 5.74) is 1.19. The van der Waals surface area contributed by atoms with Crippen LogP contribution in [0.15, 0.2) is 47.1 Å². The fourth-order valence-electron chi connectivity index (χ4n) is 1.84. The van der Waals surface area contributed by atoms with E-state index in [4.69, 9.17) is 9.15 Å².